The van der Waals surface area contributed by atoms with E-state index < -0.39 is 0 Å². The molecular formula is C19H31N3O2. The van der Waals surface area contributed by atoms with E-state index in [1.165, 1.54) is 6.42 Å². The topological polar surface area (TPSA) is 43.9 Å². The van der Waals surface area contributed by atoms with Crippen LogP contribution in [0.1, 0.15) is 32.1 Å². The second-order valence-electron chi connectivity index (χ2n) is 6.81. The molecule has 2 aliphatic rings. The molecule has 2 heterocycles. The van der Waals surface area contributed by atoms with Gasteiger partial charge in [-0.3, -0.25) is 14.5 Å². The fourth-order valence-corrected chi connectivity index (χ4v) is 3.59. The van der Waals surface area contributed by atoms with Crippen molar-refractivity contribution in [3.63, 3.8) is 0 Å². The summed E-state index contributed by atoms with van der Waals surface area (Å²) in [4.78, 5) is 30.9. The molecule has 0 aromatic carbocycles. The molecule has 0 unspecified atom stereocenters. The first-order valence-corrected chi connectivity index (χ1v) is 9.16. The van der Waals surface area contributed by atoms with Gasteiger partial charge in [0.2, 0.25) is 11.8 Å². The fraction of sp³-hybridized carbons (Fsp3) is 0.684. The zero-order valence-electron chi connectivity index (χ0n) is 14.8. The SMILES string of the molecule is C=CCN(CC=C)C(=O)CN1CCC(C(=O)N2CCCCC2)CC1. The molecular weight excluding hydrogens is 302 g/mol. The van der Waals surface area contributed by atoms with Gasteiger partial charge in [0.15, 0.2) is 0 Å². The molecule has 0 bridgehead atoms. The molecule has 2 amide bonds. The highest BCUT2D eigenvalue weighted by Crippen LogP contribution is 2.21. The molecule has 0 aliphatic carbocycles. The smallest absolute Gasteiger partial charge is 0.237 e. The maximum absolute atomic E-state index is 12.6. The predicted molar refractivity (Wildman–Crippen MR) is 96.6 cm³/mol. The number of amides is 2. The van der Waals surface area contributed by atoms with E-state index in [0.29, 0.717) is 25.5 Å². The highest BCUT2D eigenvalue weighted by atomic mass is 16.2. The van der Waals surface area contributed by atoms with Crippen molar-refractivity contribution < 1.29 is 9.59 Å². The quantitative estimate of drug-likeness (QED) is 0.669. The van der Waals surface area contributed by atoms with Crippen LogP contribution in [0.3, 0.4) is 0 Å². The van der Waals surface area contributed by atoms with Crippen LogP contribution in [0.15, 0.2) is 25.3 Å². The predicted octanol–water partition coefficient (Wildman–Crippen LogP) is 1.91. The number of hydrogen-bond donors (Lipinski definition) is 0. The maximum Gasteiger partial charge on any atom is 0.237 e. The molecule has 2 saturated heterocycles. The van der Waals surface area contributed by atoms with Crippen molar-refractivity contribution in [3.8, 4) is 0 Å². The molecule has 0 spiro atoms. The molecule has 0 saturated carbocycles. The zero-order chi connectivity index (χ0) is 17.4. The third-order valence-electron chi connectivity index (χ3n) is 5.02. The fourth-order valence-electron chi connectivity index (χ4n) is 3.59. The summed E-state index contributed by atoms with van der Waals surface area (Å²) in [5, 5.41) is 0. The third-order valence-corrected chi connectivity index (χ3v) is 5.02. The lowest BCUT2D eigenvalue weighted by Crippen LogP contribution is -2.47. The summed E-state index contributed by atoms with van der Waals surface area (Å²) in [7, 11) is 0. The van der Waals surface area contributed by atoms with E-state index in [0.717, 1.165) is 51.9 Å². The van der Waals surface area contributed by atoms with Gasteiger partial charge in [-0.1, -0.05) is 12.2 Å². The van der Waals surface area contributed by atoms with E-state index in [-0.39, 0.29) is 11.8 Å². The van der Waals surface area contributed by atoms with Crippen molar-refractivity contribution in [2.75, 3.05) is 45.8 Å². The Balaban J connectivity index is 1.77. The Kier molecular flexibility index (Phi) is 7.50. The number of nitrogens with zero attached hydrogens (tertiary/aromatic N) is 3. The van der Waals surface area contributed by atoms with Gasteiger partial charge in [0.1, 0.15) is 0 Å². The Hall–Kier alpha value is -1.62. The van der Waals surface area contributed by atoms with Crippen LogP contribution in [0.4, 0.5) is 0 Å². The average Bonchev–Trinajstić information content (AvgIpc) is 2.62. The van der Waals surface area contributed by atoms with E-state index in [2.05, 4.69) is 18.1 Å². The Morgan fingerprint density at radius 2 is 1.54 bits per heavy atom. The van der Waals surface area contributed by atoms with Crippen molar-refractivity contribution >= 4 is 11.8 Å². The minimum atomic E-state index is 0.107. The van der Waals surface area contributed by atoms with E-state index in [9.17, 15) is 9.59 Å². The minimum Gasteiger partial charge on any atom is -0.342 e. The lowest BCUT2D eigenvalue weighted by Gasteiger charge is -2.35. The van der Waals surface area contributed by atoms with Crippen molar-refractivity contribution in [2.24, 2.45) is 5.92 Å². The Morgan fingerprint density at radius 1 is 0.958 bits per heavy atom. The van der Waals surface area contributed by atoms with E-state index in [1.807, 2.05) is 4.90 Å². The van der Waals surface area contributed by atoms with Gasteiger partial charge in [-0.05, 0) is 45.2 Å². The third kappa shape index (κ3) is 5.20. The van der Waals surface area contributed by atoms with Crippen molar-refractivity contribution in [1.29, 1.82) is 0 Å². The van der Waals surface area contributed by atoms with Gasteiger partial charge in [0, 0.05) is 32.1 Å². The van der Waals surface area contributed by atoms with Crippen LogP contribution in [-0.2, 0) is 9.59 Å². The number of rotatable bonds is 7. The van der Waals surface area contributed by atoms with E-state index in [4.69, 9.17) is 0 Å². The van der Waals surface area contributed by atoms with E-state index in [1.54, 1.807) is 17.1 Å². The van der Waals surface area contributed by atoms with Gasteiger partial charge < -0.3 is 9.80 Å². The largest absolute Gasteiger partial charge is 0.342 e. The van der Waals surface area contributed by atoms with Crippen LogP contribution in [0.5, 0.6) is 0 Å². The summed E-state index contributed by atoms with van der Waals surface area (Å²) in [5.74, 6) is 0.586. The van der Waals surface area contributed by atoms with Crippen LogP contribution < -0.4 is 0 Å². The normalized spacial score (nSPS) is 19.8. The Labute approximate surface area is 146 Å². The van der Waals surface area contributed by atoms with Crippen LogP contribution >= 0.6 is 0 Å². The molecule has 0 N–H and O–H groups in total. The van der Waals surface area contributed by atoms with Gasteiger partial charge >= 0.3 is 0 Å². The highest BCUT2D eigenvalue weighted by molar-refractivity contribution is 5.80. The van der Waals surface area contributed by atoms with Gasteiger partial charge in [0.25, 0.3) is 0 Å². The van der Waals surface area contributed by atoms with Crippen molar-refractivity contribution in [3.05, 3.63) is 25.3 Å². The number of likely N-dealkylation sites (tertiary alicyclic amines) is 2. The monoisotopic (exact) mass is 333 g/mol. The van der Waals surface area contributed by atoms with Gasteiger partial charge in [0.05, 0.1) is 6.54 Å². The van der Waals surface area contributed by atoms with Crippen LogP contribution in [0.25, 0.3) is 0 Å². The van der Waals surface area contributed by atoms with E-state index >= 15 is 0 Å². The summed E-state index contributed by atoms with van der Waals surface area (Å²) in [6.07, 6.45) is 8.74. The summed E-state index contributed by atoms with van der Waals surface area (Å²) in [6.45, 7) is 12.4. The number of hydrogen-bond acceptors (Lipinski definition) is 3. The molecule has 0 aromatic heterocycles. The average molecular weight is 333 g/mol. The lowest BCUT2D eigenvalue weighted by molar-refractivity contribution is -0.138. The molecule has 0 radical (unpaired) electrons. The molecule has 5 heteroatoms. The first-order valence-electron chi connectivity index (χ1n) is 9.16. The van der Waals surface area contributed by atoms with Crippen LogP contribution in [0.2, 0.25) is 0 Å². The van der Waals surface area contributed by atoms with Gasteiger partial charge in [-0.15, -0.1) is 13.2 Å². The van der Waals surface area contributed by atoms with Crippen LogP contribution in [-0.4, -0.2) is 72.3 Å². The number of piperidine rings is 2. The van der Waals surface area contributed by atoms with Gasteiger partial charge in [-0.25, -0.2) is 0 Å². The van der Waals surface area contributed by atoms with Gasteiger partial charge in [-0.2, -0.15) is 0 Å². The molecule has 24 heavy (non-hydrogen) atoms. The molecule has 2 fully saturated rings. The Bertz CT molecular complexity index is 440. The Morgan fingerprint density at radius 3 is 2.08 bits per heavy atom. The summed E-state index contributed by atoms with van der Waals surface area (Å²) < 4.78 is 0. The molecule has 2 aliphatic heterocycles. The summed E-state index contributed by atoms with van der Waals surface area (Å²) >= 11 is 0. The zero-order valence-corrected chi connectivity index (χ0v) is 14.8. The first kappa shape index (κ1) is 18.7. The van der Waals surface area contributed by atoms with Crippen LogP contribution in [0, 0.1) is 5.92 Å². The number of carbonyl (C=O) groups excluding carboxylic acids is 2. The van der Waals surface area contributed by atoms with Crippen molar-refractivity contribution in [2.45, 2.75) is 32.1 Å². The standard InChI is InChI=1S/C19H31N3O2/c1-3-10-21(11-4-2)18(23)16-20-14-8-17(9-15-20)19(24)22-12-6-5-7-13-22/h3-4,17H,1-2,5-16H2. The maximum atomic E-state index is 12.6. The molecule has 0 atom stereocenters. The first-order chi connectivity index (χ1) is 11.7. The lowest BCUT2D eigenvalue weighted by atomic mass is 9.94. The molecule has 134 valence electrons. The highest BCUT2D eigenvalue weighted by Gasteiger charge is 2.30. The minimum absolute atomic E-state index is 0.107. The number of carbonyl (C=O) groups is 2. The summed E-state index contributed by atoms with van der Waals surface area (Å²) in [6, 6.07) is 0. The van der Waals surface area contributed by atoms with Crippen molar-refractivity contribution in [1.82, 2.24) is 14.7 Å². The molecule has 0 aromatic rings. The molecule has 5 nitrogen and oxygen atoms in total. The second-order valence-corrected chi connectivity index (χ2v) is 6.81. The second kappa shape index (κ2) is 9.62. The molecule has 2 rings (SSSR count). The summed E-state index contributed by atoms with van der Waals surface area (Å²) in [5.41, 5.74) is 0.